The van der Waals surface area contributed by atoms with E-state index >= 15 is 4.39 Å². The fourth-order valence-corrected chi connectivity index (χ4v) is 5.58. The molecule has 0 heterocycles. The van der Waals surface area contributed by atoms with E-state index in [4.69, 9.17) is 4.74 Å². The fourth-order valence-electron chi connectivity index (χ4n) is 5.58. The Morgan fingerprint density at radius 3 is 2.52 bits per heavy atom. The van der Waals surface area contributed by atoms with E-state index in [1.807, 2.05) is 0 Å². The number of rotatable bonds is 5. The van der Waals surface area contributed by atoms with Crippen molar-refractivity contribution in [3.05, 3.63) is 53.9 Å². The second-order valence-corrected chi connectivity index (χ2v) is 8.79. The molecule has 2 aromatic rings. The van der Waals surface area contributed by atoms with Crippen molar-refractivity contribution in [2.45, 2.75) is 57.8 Å². The van der Waals surface area contributed by atoms with Crippen molar-refractivity contribution < 1.29 is 17.9 Å². The summed E-state index contributed by atoms with van der Waals surface area (Å²) in [6.45, 7) is 5.83. The Hall–Kier alpha value is -1.97. The molecule has 2 aromatic carbocycles. The van der Waals surface area contributed by atoms with Crippen LogP contribution in [-0.4, -0.2) is 6.61 Å². The van der Waals surface area contributed by atoms with Crippen LogP contribution in [0.5, 0.6) is 5.75 Å². The normalized spacial score (nSPS) is 26.9. The molecule has 156 valence electrons. The highest BCUT2D eigenvalue weighted by Gasteiger charge is 2.36. The lowest BCUT2D eigenvalue weighted by Gasteiger charge is -2.42. The lowest BCUT2D eigenvalue weighted by atomic mass is 9.63. The maximum Gasteiger partial charge on any atom is 0.201 e. The fraction of sp³-hybridized carbons (Fsp3) is 0.520. The molecule has 0 aromatic heterocycles. The first kappa shape index (κ1) is 20.3. The molecule has 2 fully saturated rings. The third-order valence-electron chi connectivity index (χ3n) is 7.21. The van der Waals surface area contributed by atoms with E-state index < -0.39 is 17.5 Å². The van der Waals surface area contributed by atoms with Crippen molar-refractivity contribution in [1.29, 1.82) is 0 Å². The van der Waals surface area contributed by atoms with E-state index in [0.29, 0.717) is 16.9 Å². The molecular weight excluding hydrogens is 373 g/mol. The first-order valence-electron chi connectivity index (χ1n) is 10.9. The molecular formula is C25H29F3O. The maximum atomic E-state index is 15.4. The predicted octanol–water partition coefficient (Wildman–Crippen LogP) is 7.53. The largest absolute Gasteiger partial charge is 0.486 e. The zero-order valence-electron chi connectivity index (χ0n) is 17.0. The summed E-state index contributed by atoms with van der Waals surface area (Å²) >= 11 is 0. The van der Waals surface area contributed by atoms with E-state index in [2.05, 4.69) is 13.5 Å². The SMILES string of the molecule is C=CCOc1cc2ccc([C@@H]3CC[C@@H]4CC(CC)CCC4C3)c(F)c2c(F)c1F. The Balaban J connectivity index is 1.63. The van der Waals surface area contributed by atoms with Gasteiger partial charge in [0.2, 0.25) is 5.82 Å². The second-order valence-electron chi connectivity index (χ2n) is 8.79. The van der Waals surface area contributed by atoms with E-state index in [1.54, 1.807) is 12.1 Å². The molecule has 0 radical (unpaired) electrons. The molecule has 0 N–H and O–H groups in total. The van der Waals surface area contributed by atoms with Crippen molar-refractivity contribution in [3.63, 3.8) is 0 Å². The Morgan fingerprint density at radius 1 is 1.00 bits per heavy atom. The van der Waals surface area contributed by atoms with Gasteiger partial charge >= 0.3 is 0 Å². The average Bonchev–Trinajstić information content (AvgIpc) is 2.74. The zero-order valence-corrected chi connectivity index (χ0v) is 17.0. The lowest BCUT2D eigenvalue weighted by molar-refractivity contribution is 0.116. The highest BCUT2D eigenvalue weighted by Crippen LogP contribution is 2.49. The smallest absolute Gasteiger partial charge is 0.201 e. The van der Waals surface area contributed by atoms with Gasteiger partial charge in [0, 0.05) is 0 Å². The third-order valence-corrected chi connectivity index (χ3v) is 7.21. The minimum Gasteiger partial charge on any atom is -0.486 e. The lowest BCUT2D eigenvalue weighted by Crippen LogP contribution is -2.30. The quantitative estimate of drug-likeness (QED) is 0.470. The van der Waals surface area contributed by atoms with Crippen LogP contribution in [0.15, 0.2) is 30.9 Å². The van der Waals surface area contributed by atoms with Crippen molar-refractivity contribution >= 4 is 10.8 Å². The van der Waals surface area contributed by atoms with Gasteiger partial charge in [0.25, 0.3) is 0 Å². The summed E-state index contributed by atoms with van der Waals surface area (Å²) < 4.78 is 49.7. The molecule has 0 aliphatic heterocycles. The Morgan fingerprint density at radius 2 is 1.76 bits per heavy atom. The molecule has 1 nitrogen and oxygen atoms in total. The van der Waals surface area contributed by atoms with Crippen molar-refractivity contribution in [2.24, 2.45) is 17.8 Å². The minimum atomic E-state index is -1.17. The molecule has 2 aliphatic rings. The van der Waals surface area contributed by atoms with Gasteiger partial charge in [-0.25, -0.2) is 8.78 Å². The van der Waals surface area contributed by atoms with Crippen LogP contribution in [0.25, 0.3) is 10.8 Å². The van der Waals surface area contributed by atoms with E-state index in [1.165, 1.54) is 37.8 Å². The minimum absolute atomic E-state index is 0.0615. The highest BCUT2D eigenvalue weighted by atomic mass is 19.2. The van der Waals surface area contributed by atoms with Gasteiger partial charge in [-0.15, -0.1) is 0 Å². The van der Waals surface area contributed by atoms with Crippen LogP contribution in [0, 0.1) is 35.2 Å². The first-order valence-corrected chi connectivity index (χ1v) is 10.9. The summed E-state index contributed by atoms with van der Waals surface area (Å²) in [6, 6.07) is 4.82. The van der Waals surface area contributed by atoms with Gasteiger partial charge in [0.15, 0.2) is 11.6 Å². The summed E-state index contributed by atoms with van der Waals surface area (Å²) in [5.41, 5.74) is 0.534. The number of benzene rings is 2. The van der Waals surface area contributed by atoms with Crippen LogP contribution in [0.3, 0.4) is 0 Å². The molecule has 4 atom stereocenters. The van der Waals surface area contributed by atoms with Crippen molar-refractivity contribution in [3.8, 4) is 5.75 Å². The number of hydrogen-bond donors (Lipinski definition) is 0. The Kier molecular flexibility index (Phi) is 5.89. The van der Waals surface area contributed by atoms with Gasteiger partial charge in [0.05, 0.1) is 5.39 Å². The number of halogens is 3. The molecule has 4 heteroatoms. The van der Waals surface area contributed by atoms with Gasteiger partial charge in [-0.2, -0.15) is 4.39 Å². The Labute approximate surface area is 170 Å². The van der Waals surface area contributed by atoms with Crippen LogP contribution in [-0.2, 0) is 0 Å². The zero-order chi connectivity index (χ0) is 20.5. The summed E-state index contributed by atoms with van der Waals surface area (Å²) in [5, 5.41) is 0.0594. The molecule has 2 aliphatic carbocycles. The summed E-state index contributed by atoms with van der Waals surface area (Å²) in [4.78, 5) is 0. The van der Waals surface area contributed by atoms with Crippen molar-refractivity contribution in [1.82, 2.24) is 0 Å². The maximum absolute atomic E-state index is 15.4. The van der Waals surface area contributed by atoms with Gasteiger partial charge in [-0.05, 0) is 72.8 Å². The molecule has 0 spiro atoms. The highest BCUT2D eigenvalue weighted by molar-refractivity contribution is 5.86. The molecule has 0 saturated heterocycles. The molecule has 2 unspecified atom stereocenters. The van der Waals surface area contributed by atoms with E-state index in [0.717, 1.165) is 31.1 Å². The van der Waals surface area contributed by atoms with Gasteiger partial charge < -0.3 is 4.74 Å². The third kappa shape index (κ3) is 3.78. The topological polar surface area (TPSA) is 9.23 Å². The standard InChI is InChI=1S/C25H29F3O/c1-3-11-29-21-14-19-9-10-20(23(26)22(19)25(28)24(21)27)18-8-7-16-12-15(4-2)5-6-17(16)13-18/h3,9-10,14-18H,1,4-8,11-13H2,2H3/t15?,16-,17?,18-/m1/s1. The van der Waals surface area contributed by atoms with E-state index in [-0.39, 0.29) is 23.7 Å². The van der Waals surface area contributed by atoms with Crippen LogP contribution >= 0.6 is 0 Å². The van der Waals surface area contributed by atoms with Crippen LogP contribution < -0.4 is 4.74 Å². The molecule has 29 heavy (non-hydrogen) atoms. The van der Waals surface area contributed by atoms with Crippen LogP contribution in [0.1, 0.15) is 63.4 Å². The summed E-state index contributed by atoms with van der Waals surface area (Å²) in [5.74, 6) is -0.849. The monoisotopic (exact) mass is 402 g/mol. The molecule has 0 amide bonds. The number of ether oxygens (including phenoxy) is 1. The van der Waals surface area contributed by atoms with Gasteiger partial charge in [-0.3, -0.25) is 0 Å². The molecule has 0 bridgehead atoms. The number of hydrogen-bond acceptors (Lipinski definition) is 1. The van der Waals surface area contributed by atoms with Crippen LogP contribution in [0.4, 0.5) is 13.2 Å². The van der Waals surface area contributed by atoms with Gasteiger partial charge in [-0.1, -0.05) is 44.6 Å². The van der Waals surface area contributed by atoms with Gasteiger partial charge in [0.1, 0.15) is 12.4 Å². The molecule has 2 saturated carbocycles. The second kappa shape index (κ2) is 8.41. The van der Waals surface area contributed by atoms with Crippen molar-refractivity contribution in [2.75, 3.05) is 6.61 Å². The number of fused-ring (bicyclic) bond motifs is 2. The average molecular weight is 403 g/mol. The Bertz CT molecular complexity index is 907. The molecule has 4 rings (SSSR count). The summed E-state index contributed by atoms with van der Waals surface area (Å²) in [6.07, 6.45) is 9.44. The summed E-state index contributed by atoms with van der Waals surface area (Å²) in [7, 11) is 0. The predicted molar refractivity (Wildman–Crippen MR) is 111 cm³/mol. The first-order chi connectivity index (χ1) is 14.0. The van der Waals surface area contributed by atoms with Crippen LogP contribution in [0.2, 0.25) is 0 Å². The van der Waals surface area contributed by atoms with E-state index in [9.17, 15) is 8.78 Å².